The average Bonchev–Trinajstić information content (AvgIpc) is 3.26. The molecular weight excluding hydrogens is 344 g/mol. The minimum atomic E-state index is -3.51. The number of hydrogen-bond acceptors (Lipinski definition) is 4. The van der Waals surface area contributed by atoms with Crippen molar-refractivity contribution in [1.82, 2.24) is 0 Å². The van der Waals surface area contributed by atoms with E-state index in [0.717, 1.165) is 11.1 Å². The Labute approximate surface area is 147 Å². The molecule has 0 amide bonds. The zero-order valence-corrected chi connectivity index (χ0v) is 15.0. The van der Waals surface area contributed by atoms with Crippen molar-refractivity contribution in [2.75, 3.05) is 13.1 Å². The van der Waals surface area contributed by atoms with E-state index < -0.39 is 20.5 Å². The molecule has 24 heavy (non-hydrogen) atoms. The van der Waals surface area contributed by atoms with Crippen molar-refractivity contribution >= 4 is 21.4 Å². The molecule has 3 rings (SSSR count). The van der Waals surface area contributed by atoms with Crippen LogP contribution in [0.25, 0.3) is 0 Å². The van der Waals surface area contributed by atoms with Crippen molar-refractivity contribution in [2.24, 2.45) is 16.9 Å². The first-order valence-electron chi connectivity index (χ1n) is 7.83. The molecule has 2 atom stereocenters. The molecular formula is C18H21ClN2O2S. The van der Waals surface area contributed by atoms with Crippen molar-refractivity contribution in [2.45, 2.75) is 23.0 Å². The second-order valence-corrected chi connectivity index (χ2v) is 8.96. The van der Waals surface area contributed by atoms with Gasteiger partial charge in [0.05, 0.1) is 10.1 Å². The predicted octanol–water partition coefficient (Wildman–Crippen LogP) is 2.49. The summed E-state index contributed by atoms with van der Waals surface area (Å²) in [5.74, 6) is -0.212. The number of hydrogen-bond donors (Lipinski definition) is 2. The van der Waals surface area contributed by atoms with E-state index in [-0.39, 0.29) is 19.0 Å². The van der Waals surface area contributed by atoms with Gasteiger partial charge >= 0.3 is 0 Å². The van der Waals surface area contributed by atoms with E-state index in [0.29, 0.717) is 9.92 Å². The second-order valence-electron chi connectivity index (χ2n) is 6.45. The lowest BCUT2D eigenvalue weighted by Crippen LogP contribution is -2.31. The minimum Gasteiger partial charge on any atom is -0.330 e. The Bertz CT molecular complexity index is 828. The van der Waals surface area contributed by atoms with Crippen LogP contribution in [0.15, 0.2) is 53.4 Å². The maximum absolute atomic E-state index is 13.2. The van der Waals surface area contributed by atoms with Crippen molar-refractivity contribution in [3.63, 3.8) is 0 Å². The Morgan fingerprint density at radius 2 is 1.54 bits per heavy atom. The Hall–Kier alpha value is -1.40. The van der Waals surface area contributed by atoms with Gasteiger partial charge < -0.3 is 11.5 Å². The summed E-state index contributed by atoms with van der Waals surface area (Å²) in [6, 6.07) is 14.2. The van der Waals surface area contributed by atoms with E-state index in [1.807, 2.05) is 19.1 Å². The first kappa shape index (κ1) is 17.4. The molecule has 1 fully saturated rings. The van der Waals surface area contributed by atoms with Gasteiger partial charge in [-0.2, -0.15) is 0 Å². The lowest BCUT2D eigenvalue weighted by molar-refractivity contribution is 0.510. The molecule has 0 aliphatic heterocycles. The van der Waals surface area contributed by atoms with Gasteiger partial charge in [0, 0.05) is 29.4 Å². The van der Waals surface area contributed by atoms with Crippen LogP contribution in [0.1, 0.15) is 17.0 Å². The monoisotopic (exact) mass is 364 g/mol. The summed E-state index contributed by atoms with van der Waals surface area (Å²) in [5.41, 5.74) is 13.2. The Balaban J connectivity index is 2.04. The summed E-state index contributed by atoms with van der Waals surface area (Å²) in [6.07, 6.45) is 0. The molecule has 0 spiro atoms. The first-order chi connectivity index (χ1) is 11.4. The number of aryl methyl sites for hydroxylation is 1. The summed E-state index contributed by atoms with van der Waals surface area (Å²) in [6.45, 7) is 2.38. The zero-order chi connectivity index (χ0) is 17.5. The largest absolute Gasteiger partial charge is 0.330 e. The number of sulfone groups is 1. The molecule has 4 N–H and O–H groups in total. The van der Waals surface area contributed by atoms with Gasteiger partial charge in [-0.1, -0.05) is 41.4 Å². The normalized spacial score (nSPS) is 22.3. The van der Waals surface area contributed by atoms with E-state index in [9.17, 15) is 8.42 Å². The summed E-state index contributed by atoms with van der Waals surface area (Å²) in [5, 5.41) is 0.00678. The smallest absolute Gasteiger partial charge is 0.182 e. The fraction of sp³-hybridized carbons (Fsp3) is 0.333. The quantitative estimate of drug-likeness (QED) is 0.853. The van der Waals surface area contributed by atoms with Gasteiger partial charge in [0.1, 0.15) is 0 Å². The van der Waals surface area contributed by atoms with E-state index in [1.165, 1.54) is 0 Å². The van der Waals surface area contributed by atoms with Gasteiger partial charge in [0.25, 0.3) is 0 Å². The molecule has 1 aliphatic rings. The minimum absolute atomic E-state index is 0.212. The third-order valence-corrected chi connectivity index (χ3v) is 7.64. The third kappa shape index (κ3) is 2.65. The summed E-state index contributed by atoms with van der Waals surface area (Å²) in [7, 11) is -3.51. The van der Waals surface area contributed by atoms with Crippen LogP contribution in [-0.2, 0) is 9.84 Å². The van der Waals surface area contributed by atoms with Gasteiger partial charge in [-0.3, -0.25) is 0 Å². The molecule has 0 radical (unpaired) electrons. The molecule has 1 saturated carbocycles. The summed E-state index contributed by atoms with van der Waals surface area (Å²) >= 11 is 5.94. The average molecular weight is 365 g/mol. The van der Waals surface area contributed by atoms with Crippen LogP contribution in [0.5, 0.6) is 0 Å². The van der Waals surface area contributed by atoms with E-state index in [1.54, 1.807) is 36.4 Å². The Morgan fingerprint density at radius 3 is 2.04 bits per heavy atom. The standard InChI is InChI=1S/C18H21ClN2O2S/c1-12-2-8-15(9-3-12)24(22,23)17-16(18(17,10-20)11-21)13-4-6-14(19)7-5-13/h2-9,16-17H,10-11,20-21H2,1H3. The highest BCUT2D eigenvalue weighted by molar-refractivity contribution is 7.92. The van der Waals surface area contributed by atoms with E-state index >= 15 is 0 Å². The highest BCUT2D eigenvalue weighted by Crippen LogP contribution is 2.63. The number of benzene rings is 2. The first-order valence-corrected chi connectivity index (χ1v) is 9.75. The van der Waals surface area contributed by atoms with Gasteiger partial charge in [-0.15, -0.1) is 0 Å². The molecule has 2 aromatic rings. The van der Waals surface area contributed by atoms with Gasteiger partial charge in [0.15, 0.2) is 9.84 Å². The van der Waals surface area contributed by atoms with E-state index in [2.05, 4.69) is 0 Å². The molecule has 2 aromatic carbocycles. The Kier molecular flexibility index (Phi) is 4.47. The zero-order valence-electron chi connectivity index (χ0n) is 13.4. The number of rotatable bonds is 5. The van der Waals surface area contributed by atoms with Crippen LogP contribution in [0, 0.1) is 12.3 Å². The third-order valence-electron chi connectivity index (χ3n) is 5.05. The highest BCUT2D eigenvalue weighted by Gasteiger charge is 2.69. The van der Waals surface area contributed by atoms with Gasteiger partial charge in [0.2, 0.25) is 0 Å². The fourth-order valence-corrected chi connectivity index (χ4v) is 6.16. The second kappa shape index (κ2) is 6.15. The summed E-state index contributed by atoms with van der Waals surface area (Å²) in [4.78, 5) is 0.320. The van der Waals surface area contributed by atoms with Crippen LogP contribution in [-0.4, -0.2) is 26.8 Å². The van der Waals surface area contributed by atoms with Crippen LogP contribution in [0.2, 0.25) is 5.02 Å². The Morgan fingerprint density at radius 1 is 1.00 bits per heavy atom. The van der Waals surface area contributed by atoms with Crippen LogP contribution >= 0.6 is 11.6 Å². The predicted molar refractivity (Wildman–Crippen MR) is 96.9 cm³/mol. The molecule has 2 unspecified atom stereocenters. The van der Waals surface area contributed by atoms with Crippen LogP contribution in [0.4, 0.5) is 0 Å². The van der Waals surface area contributed by atoms with Crippen LogP contribution < -0.4 is 11.5 Å². The maximum Gasteiger partial charge on any atom is 0.182 e. The molecule has 0 heterocycles. The SMILES string of the molecule is Cc1ccc(S(=O)(=O)C2C(c3ccc(Cl)cc3)C2(CN)CN)cc1. The van der Waals surface area contributed by atoms with E-state index in [4.69, 9.17) is 23.1 Å². The van der Waals surface area contributed by atoms with Gasteiger partial charge in [-0.05, 0) is 36.8 Å². The number of nitrogens with two attached hydrogens (primary N) is 2. The lowest BCUT2D eigenvalue weighted by Gasteiger charge is -2.13. The molecule has 0 saturated heterocycles. The van der Waals surface area contributed by atoms with Gasteiger partial charge in [-0.25, -0.2) is 8.42 Å². The molecule has 0 bridgehead atoms. The molecule has 128 valence electrons. The lowest BCUT2D eigenvalue weighted by atomic mass is 9.99. The molecule has 1 aliphatic carbocycles. The topological polar surface area (TPSA) is 86.2 Å². The molecule has 0 aromatic heterocycles. The van der Waals surface area contributed by atoms with Crippen LogP contribution in [0.3, 0.4) is 0 Å². The van der Waals surface area contributed by atoms with Crippen molar-refractivity contribution in [1.29, 1.82) is 0 Å². The highest BCUT2D eigenvalue weighted by atomic mass is 35.5. The number of halogens is 1. The maximum atomic E-state index is 13.2. The molecule has 6 heteroatoms. The van der Waals surface area contributed by atoms with Crippen molar-refractivity contribution in [3.05, 3.63) is 64.7 Å². The molecule has 4 nitrogen and oxygen atoms in total. The van der Waals surface area contributed by atoms with Crippen molar-refractivity contribution < 1.29 is 8.42 Å². The summed E-state index contributed by atoms with van der Waals surface area (Å²) < 4.78 is 26.3. The van der Waals surface area contributed by atoms with Crippen molar-refractivity contribution in [3.8, 4) is 0 Å². The fourth-order valence-electron chi connectivity index (χ4n) is 3.56.